The first-order valence-corrected chi connectivity index (χ1v) is 5.57. The molecule has 0 aliphatic heterocycles. The summed E-state index contributed by atoms with van der Waals surface area (Å²) in [6.07, 6.45) is 0. The fourth-order valence-corrected chi connectivity index (χ4v) is 1.93. The molecule has 2 aromatic rings. The van der Waals surface area contributed by atoms with Gasteiger partial charge in [-0.05, 0) is 12.1 Å². The largest absolute Gasteiger partial charge is 0.331 e. The second-order valence-corrected chi connectivity index (χ2v) is 4.77. The van der Waals surface area contributed by atoms with E-state index in [9.17, 15) is 0 Å². The van der Waals surface area contributed by atoms with Crippen molar-refractivity contribution in [2.75, 3.05) is 5.88 Å². The summed E-state index contributed by atoms with van der Waals surface area (Å²) in [7, 11) is 2.04. The van der Waals surface area contributed by atoms with Gasteiger partial charge in [0.2, 0.25) is 0 Å². The Kier molecular flexibility index (Phi) is 2.47. The van der Waals surface area contributed by atoms with Crippen LogP contribution >= 0.6 is 11.6 Å². The lowest BCUT2D eigenvalue weighted by Gasteiger charge is -2.20. The van der Waals surface area contributed by atoms with Crippen LogP contribution in [0.4, 0.5) is 0 Å². The van der Waals surface area contributed by atoms with Crippen LogP contribution in [-0.4, -0.2) is 15.4 Å². The molecule has 0 atom stereocenters. The molecule has 0 N–H and O–H groups in total. The van der Waals surface area contributed by atoms with E-state index in [1.54, 1.807) is 0 Å². The molecule has 0 bridgehead atoms. The quantitative estimate of drug-likeness (QED) is 0.714. The highest BCUT2D eigenvalue weighted by atomic mass is 35.5. The van der Waals surface area contributed by atoms with E-state index in [1.807, 2.05) is 25.2 Å². The molecule has 0 saturated carbocycles. The van der Waals surface area contributed by atoms with Crippen molar-refractivity contribution in [1.29, 1.82) is 0 Å². The first-order chi connectivity index (χ1) is 7.06. The first kappa shape index (κ1) is 10.5. The Morgan fingerprint density at radius 2 is 2.00 bits per heavy atom. The van der Waals surface area contributed by atoms with Gasteiger partial charge in [0.1, 0.15) is 5.82 Å². The van der Waals surface area contributed by atoms with Gasteiger partial charge in [-0.3, -0.25) is 0 Å². The number of hydrogen-bond donors (Lipinski definition) is 0. The molecule has 1 aromatic carbocycles. The average molecular weight is 223 g/mol. The number of aryl methyl sites for hydroxylation is 1. The van der Waals surface area contributed by atoms with E-state index in [2.05, 4.69) is 29.5 Å². The number of nitrogens with zero attached hydrogens (tertiary/aromatic N) is 2. The zero-order chi connectivity index (χ0) is 11.1. The van der Waals surface area contributed by atoms with Crippen molar-refractivity contribution in [1.82, 2.24) is 9.55 Å². The minimum Gasteiger partial charge on any atom is -0.331 e. The maximum Gasteiger partial charge on any atom is 0.116 e. The number of alkyl halides is 1. The highest BCUT2D eigenvalue weighted by Gasteiger charge is 2.25. The Hall–Kier alpha value is -1.02. The second kappa shape index (κ2) is 3.53. The molecule has 0 spiro atoms. The van der Waals surface area contributed by atoms with Gasteiger partial charge in [-0.25, -0.2) is 4.98 Å². The fraction of sp³-hybridized carbons (Fsp3) is 0.417. The van der Waals surface area contributed by atoms with Crippen LogP contribution in [0.2, 0.25) is 0 Å². The standard InChI is InChI=1S/C12H15ClN2/c1-12(2,8-13)11-14-9-6-4-5-7-10(9)15(11)3/h4-7H,8H2,1-3H3. The third-order valence-corrected chi connectivity index (χ3v) is 3.39. The van der Waals surface area contributed by atoms with E-state index in [-0.39, 0.29) is 5.41 Å². The second-order valence-electron chi connectivity index (χ2n) is 4.50. The number of fused-ring (bicyclic) bond motifs is 1. The average Bonchev–Trinajstić information content (AvgIpc) is 2.58. The number of imidazole rings is 1. The molecular weight excluding hydrogens is 208 g/mol. The van der Waals surface area contributed by atoms with Crippen LogP contribution in [0, 0.1) is 0 Å². The number of halogens is 1. The number of para-hydroxylation sites is 2. The molecule has 0 unspecified atom stereocenters. The van der Waals surface area contributed by atoms with E-state index < -0.39 is 0 Å². The summed E-state index contributed by atoms with van der Waals surface area (Å²) < 4.78 is 2.12. The zero-order valence-electron chi connectivity index (χ0n) is 9.29. The molecule has 0 aliphatic carbocycles. The van der Waals surface area contributed by atoms with Crippen LogP contribution < -0.4 is 0 Å². The maximum atomic E-state index is 5.97. The van der Waals surface area contributed by atoms with E-state index in [0.717, 1.165) is 16.9 Å². The lowest BCUT2D eigenvalue weighted by molar-refractivity contribution is 0.533. The van der Waals surface area contributed by atoms with Gasteiger partial charge in [0, 0.05) is 18.3 Å². The first-order valence-electron chi connectivity index (χ1n) is 5.04. The lowest BCUT2D eigenvalue weighted by Crippen LogP contribution is -2.23. The molecule has 2 nitrogen and oxygen atoms in total. The van der Waals surface area contributed by atoms with Gasteiger partial charge in [0.15, 0.2) is 0 Å². The van der Waals surface area contributed by atoms with Crippen molar-refractivity contribution in [3.8, 4) is 0 Å². The Labute approximate surface area is 94.9 Å². The van der Waals surface area contributed by atoms with Crippen molar-refractivity contribution in [2.45, 2.75) is 19.3 Å². The number of benzene rings is 1. The van der Waals surface area contributed by atoms with Crippen LogP contribution in [0.15, 0.2) is 24.3 Å². The normalized spacial score (nSPS) is 12.3. The minimum absolute atomic E-state index is 0.0880. The molecule has 80 valence electrons. The smallest absolute Gasteiger partial charge is 0.116 e. The van der Waals surface area contributed by atoms with E-state index in [0.29, 0.717) is 5.88 Å². The summed E-state index contributed by atoms with van der Waals surface area (Å²) >= 11 is 5.97. The Morgan fingerprint density at radius 1 is 1.33 bits per heavy atom. The Morgan fingerprint density at radius 3 is 2.60 bits per heavy atom. The van der Waals surface area contributed by atoms with Crippen molar-refractivity contribution in [2.24, 2.45) is 7.05 Å². The summed E-state index contributed by atoms with van der Waals surface area (Å²) in [4.78, 5) is 4.63. The maximum absolute atomic E-state index is 5.97. The molecule has 0 amide bonds. The van der Waals surface area contributed by atoms with Gasteiger partial charge in [-0.2, -0.15) is 0 Å². The van der Waals surface area contributed by atoms with Gasteiger partial charge in [-0.1, -0.05) is 26.0 Å². The van der Waals surface area contributed by atoms with Crippen molar-refractivity contribution < 1.29 is 0 Å². The molecule has 1 aromatic heterocycles. The predicted octanol–water partition coefficient (Wildman–Crippen LogP) is 3.09. The van der Waals surface area contributed by atoms with Gasteiger partial charge < -0.3 is 4.57 Å². The summed E-state index contributed by atoms with van der Waals surface area (Å²) in [5.74, 6) is 1.61. The highest BCUT2D eigenvalue weighted by molar-refractivity contribution is 6.18. The van der Waals surface area contributed by atoms with E-state index in [4.69, 9.17) is 11.6 Å². The summed E-state index contributed by atoms with van der Waals surface area (Å²) in [6.45, 7) is 4.22. The molecule has 0 radical (unpaired) electrons. The van der Waals surface area contributed by atoms with Gasteiger partial charge in [0.05, 0.1) is 11.0 Å². The lowest BCUT2D eigenvalue weighted by atomic mass is 9.95. The summed E-state index contributed by atoms with van der Waals surface area (Å²) in [5, 5.41) is 0. The van der Waals surface area contributed by atoms with Crippen molar-refractivity contribution in [3.63, 3.8) is 0 Å². The number of rotatable bonds is 2. The predicted molar refractivity (Wildman–Crippen MR) is 64.5 cm³/mol. The molecule has 0 saturated heterocycles. The Balaban J connectivity index is 2.68. The van der Waals surface area contributed by atoms with Gasteiger partial charge >= 0.3 is 0 Å². The SMILES string of the molecule is Cn1c(C(C)(C)CCl)nc2ccccc21. The van der Waals surface area contributed by atoms with Crippen LogP contribution in [0.3, 0.4) is 0 Å². The highest BCUT2D eigenvalue weighted by Crippen LogP contribution is 2.26. The van der Waals surface area contributed by atoms with E-state index >= 15 is 0 Å². The van der Waals surface area contributed by atoms with Crippen LogP contribution in [-0.2, 0) is 12.5 Å². The number of aromatic nitrogens is 2. The van der Waals surface area contributed by atoms with Gasteiger partial charge in [-0.15, -0.1) is 11.6 Å². The topological polar surface area (TPSA) is 17.8 Å². The third-order valence-electron chi connectivity index (χ3n) is 2.73. The Bertz CT molecular complexity index is 485. The summed E-state index contributed by atoms with van der Waals surface area (Å²) in [5.41, 5.74) is 2.11. The van der Waals surface area contributed by atoms with E-state index in [1.165, 1.54) is 0 Å². The minimum atomic E-state index is -0.0880. The third kappa shape index (κ3) is 1.63. The van der Waals surface area contributed by atoms with Crippen LogP contribution in [0.25, 0.3) is 11.0 Å². The zero-order valence-corrected chi connectivity index (χ0v) is 10.0. The molecule has 2 rings (SSSR count). The van der Waals surface area contributed by atoms with Crippen LogP contribution in [0.1, 0.15) is 19.7 Å². The molecule has 15 heavy (non-hydrogen) atoms. The number of hydrogen-bond acceptors (Lipinski definition) is 1. The molecule has 3 heteroatoms. The van der Waals surface area contributed by atoms with Crippen molar-refractivity contribution in [3.05, 3.63) is 30.1 Å². The molecule has 1 heterocycles. The monoisotopic (exact) mass is 222 g/mol. The van der Waals surface area contributed by atoms with Crippen LogP contribution in [0.5, 0.6) is 0 Å². The molecule has 0 fully saturated rings. The van der Waals surface area contributed by atoms with Crippen molar-refractivity contribution >= 4 is 22.6 Å². The molecular formula is C12H15ClN2. The molecule has 0 aliphatic rings. The van der Waals surface area contributed by atoms with Gasteiger partial charge in [0.25, 0.3) is 0 Å². The fourth-order valence-electron chi connectivity index (χ4n) is 1.81. The summed E-state index contributed by atoms with van der Waals surface area (Å²) in [6, 6.07) is 8.15.